The van der Waals surface area contributed by atoms with Crippen LogP contribution < -0.4 is 0 Å². The quantitative estimate of drug-likeness (QED) is 0.766. The second-order valence-electron chi connectivity index (χ2n) is 4.89. The van der Waals surface area contributed by atoms with Crippen LogP contribution in [0.4, 0.5) is 0 Å². The summed E-state index contributed by atoms with van der Waals surface area (Å²) in [5.41, 5.74) is 0. The van der Waals surface area contributed by atoms with E-state index >= 15 is 0 Å². The molecule has 1 aliphatic carbocycles. The summed E-state index contributed by atoms with van der Waals surface area (Å²) >= 11 is 0. The molecule has 15 heavy (non-hydrogen) atoms. The second kappa shape index (κ2) is 5.28. The van der Waals surface area contributed by atoms with Gasteiger partial charge in [0.25, 0.3) is 0 Å². The number of hydrogen-bond donors (Lipinski definition) is 1. The van der Waals surface area contributed by atoms with E-state index in [9.17, 15) is 5.11 Å². The van der Waals surface area contributed by atoms with Gasteiger partial charge in [0.05, 0.1) is 19.3 Å². The van der Waals surface area contributed by atoms with Gasteiger partial charge in [-0.15, -0.1) is 0 Å². The number of morpholine rings is 1. The fraction of sp³-hybridized carbons (Fsp3) is 1.00. The van der Waals surface area contributed by atoms with Gasteiger partial charge in [0, 0.05) is 19.1 Å². The van der Waals surface area contributed by atoms with E-state index < -0.39 is 0 Å². The van der Waals surface area contributed by atoms with Crippen LogP contribution in [0.1, 0.15) is 32.6 Å². The maximum Gasteiger partial charge on any atom is 0.0622 e. The lowest BCUT2D eigenvalue weighted by atomic mass is 10.0. The van der Waals surface area contributed by atoms with Crippen molar-refractivity contribution in [2.24, 2.45) is 5.92 Å². The number of hydrogen-bond acceptors (Lipinski definition) is 3. The van der Waals surface area contributed by atoms with Crippen LogP contribution >= 0.6 is 0 Å². The van der Waals surface area contributed by atoms with Crippen LogP contribution in [0.3, 0.4) is 0 Å². The third kappa shape index (κ3) is 2.71. The van der Waals surface area contributed by atoms with Crippen LogP contribution in [0.15, 0.2) is 0 Å². The molecule has 0 aromatic heterocycles. The maximum absolute atomic E-state index is 9.82. The maximum atomic E-state index is 9.82. The molecule has 1 heterocycles. The summed E-state index contributed by atoms with van der Waals surface area (Å²) in [6.07, 6.45) is 4.52. The Labute approximate surface area is 92.4 Å². The minimum atomic E-state index is -0.0506. The van der Waals surface area contributed by atoms with Gasteiger partial charge in [0.2, 0.25) is 0 Å². The molecule has 0 bridgehead atoms. The third-order valence-electron chi connectivity index (χ3n) is 3.91. The number of aliphatic hydroxyl groups excluding tert-OH is 1. The van der Waals surface area contributed by atoms with Gasteiger partial charge in [-0.05, 0) is 25.2 Å². The van der Waals surface area contributed by atoms with Crippen LogP contribution in [0.25, 0.3) is 0 Å². The van der Waals surface area contributed by atoms with Crippen molar-refractivity contribution in [3.63, 3.8) is 0 Å². The van der Waals surface area contributed by atoms with Crippen molar-refractivity contribution >= 4 is 0 Å². The SMILES string of the molecule is CCC1COCCN1CC1CCCC1O. The molecule has 0 aromatic rings. The lowest BCUT2D eigenvalue weighted by Gasteiger charge is -2.37. The Morgan fingerprint density at radius 1 is 1.40 bits per heavy atom. The molecule has 1 aliphatic heterocycles. The average molecular weight is 213 g/mol. The Morgan fingerprint density at radius 3 is 2.93 bits per heavy atom. The Balaban J connectivity index is 1.85. The molecule has 1 N–H and O–H groups in total. The molecule has 88 valence electrons. The van der Waals surface area contributed by atoms with Gasteiger partial charge in [-0.2, -0.15) is 0 Å². The molecule has 3 unspecified atom stereocenters. The van der Waals surface area contributed by atoms with Crippen molar-refractivity contribution in [2.75, 3.05) is 26.3 Å². The zero-order chi connectivity index (χ0) is 10.7. The van der Waals surface area contributed by atoms with Crippen molar-refractivity contribution in [1.29, 1.82) is 0 Å². The number of rotatable bonds is 3. The molecule has 0 aromatic carbocycles. The predicted octanol–water partition coefficient (Wildman–Crippen LogP) is 1.26. The van der Waals surface area contributed by atoms with Gasteiger partial charge in [-0.1, -0.05) is 13.3 Å². The van der Waals surface area contributed by atoms with Crippen LogP contribution in [-0.4, -0.2) is 48.5 Å². The molecule has 2 aliphatic rings. The molecule has 1 saturated carbocycles. The van der Waals surface area contributed by atoms with Gasteiger partial charge in [-0.3, -0.25) is 4.90 Å². The standard InChI is InChI=1S/C12H23NO2/c1-2-11-9-15-7-6-13(11)8-10-4-3-5-12(10)14/h10-12,14H,2-9H2,1H3. The molecule has 1 saturated heterocycles. The van der Waals surface area contributed by atoms with Gasteiger partial charge >= 0.3 is 0 Å². The Hall–Kier alpha value is -0.120. The monoisotopic (exact) mass is 213 g/mol. The first-order valence-corrected chi connectivity index (χ1v) is 6.31. The lowest BCUT2D eigenvalue weighted by Crippen LogP contribution is -2.47. The van der Waals surface area contributed by atoms with Crippen LogP contribution in [0.2, 0.25) is 0 Å². The average Bonchev–Trinajstić information content (AvgIpc) is 2.65. The first kappa shape index (κ1) is 11.4. The molecule has 3 heteroatoms. The van der Waals surface area contributed by atoms with Crippen molar-refractivity contribution in [3.8, 4) is 0 Å². The molecule has 0 amide bonds. The summed E-state index contributed by atoms with van der Waals surface area (Å²) < 4.78 is 5.49. The van der Waals surface area contributed by atoms with E-state index in [1.54, 1.807) is 0 Å². The number of ether oxygens (including phenoxy) is 1. The van der Waals surface area contributed by atoms with Crippen molar-refractivity contribution in [2.45, 2.75) is 44.8 Å². The van der Waals surface area contributed by atoms with E-state index in [1.807, 2.05) is 0 Å². The molecule has 0 radical (unpaired) electrons. The van der Waals surface area contributed by atoms with Gasteiger partial charge in [0.1, 0.15) is 0 Å². The number of aliphatic hydroxyl groups is 1. The molecule has 2 fully saturated rings. The minimum absolute atomic E-state index is 0.0506. The fourth-order valence-corrected chi connectivity index (χ4v) is 2.84. The highest BCUT2D eigenvalue weighted by atomic mass is 16.5. The molecular weight excluding hydrogens is 190 g/mol. The topological polar surface area (TPSA) is 32.7 Å². The Morgan fingerprint density at radius 2 is 2.27 bits per heavy atom. The highest BCUT2D eigenvalue weighted by Crippen LogP contribution is 2.27. The summed E-state index contributed by atoms with van der Waals surface area (Å²) in [4.78, 5) is 2.52. The van der Waals surface area contributed by atoms with Crippen LogP contribution in [0, 0.1) is 5.92 Å². The fourth-order valence-electron chi connectivity index (χ4n) is 2.84. The van der Waals surface area contributed by atoms with E-state index in [4.69, 9.17) is 4.74 Å². The van der Waals surface area contributed by atoms with Crippen molar-refractivity contribution in [3.05, 3.63) is 0 Å². The first-order valence-electron chi connectivity index (χ1n) is 6.31. The second-order valence-corrected chi connectivity index (χ2v) is 4.89. The largest absolute Gasteiger partial charge is 0.393 e. The van der Waals surface area contributed by atoms with Crippen LogP contribution in [0.5, 0.6) is 0 Å². The summed E-state index contributed by atoms with van der Waals surface area (Å²) in [6, 6.07) is 0.576. The van der Waals surface area contributed by atoms with Crippen molar-refractivity contribution in [1.82, 2.24) is 4.90 Å². The summed E-state index contributed by atoms with van der Waals surface area (Å²) in [7, 11) is 0. The smallest absolute Gasteiger partial charge is 0.0622 e. The third-order valence-corrected chi connectivity index (χ3v) is 3.91. The van der Waals surface area contributed by atoms with E-state index in [-0.39, 0.29) is 6.10 Å². The highest BCUT2D eigenvalue weighted by molar-refractivity contribution is 4.83. The van der Waals surface area contributed by atoms with E-state index in [0.717, 1.165) is 39.1 Å². The lowest BCUT2D eigenvalue weighted by molar-refractivity contribution is -0.0237. The normalized spacial score (nSPS) is 38.4. The molecule has 0 spiro atoms. The van der Waals surface area contributed by atoms with Crippen molar-refractivity contribution < 1.29 is 9.84 Å². The Bertz CT molecular complexity index is 198. The van der Waals surface area contributed by atoms with E-state index in [2.05, 4.69) is 11.8 Å². The minimum Gasteiger partial charge on any atom is -0.393 e. The van der Waals surface area contributed by atoms with Gasteiger partial charge < -0.3 is 9.84 Å². The zero-order valence-corrected chi connectivity index (χ0v) is 9.69. The number of nitrogens with zero attached hydrogens (tertiary/aromatic N) is 1. The van der Waals surface area contributed by atoms with Gasteiger partial charge in [0.15, 0.2) is 0 Å². The first-order chi connectivity index (χ1) is 7.31. The summed E-state index contributed by atoms with van der Waals surface area (Å²) in [5, 5.41) is 9.82. The Kier molecular flexibility index (Phi) is 4.00. The molecule has 3 atom stereocenters. The van der Waals surface area contributed by atoms with Gasteiger partial charge in [-0.25, -0.2) is 0 Å². The molecule has 2 rings (SSSR count). The molecular formula is C12H23NO2. The zero-order valence-electron chi connectivity index (χ0n) is 9.69. The highest BCUT2D eigenvalue weighted by Gasteiger charge is 2.30. The summed E-state index contributed by atoms with van der Waals surface area (Å²) in [6.45, 7) is 6.07. The van der Waals surface area contributed by atoms with E-state index in [1.165, 1.54) is 12.8 Å². The molecule has 3 nitrogen and oxygen atoms in total. The van der Waals surface area contributed by atoms with E-state index in [0.29, 0.717) is 12.0 Å². The van der Waals surface area contributed by atoms with Crippen LogP contribution in [-0.2, 0) is 4.74 Å². The predicted molar refractivity (Wildman–Crippen MR) is 59.8 cm³/mol. The summed E-state index contributed by atoms with van der Waals surface area (Å²) in [5.74, 6) is 0.511.